The van der Waals surface area contributed by atoms with E-state index in [1.54, 1.807) is 0 Å². The molecule has 3 aliphatic rings. The average molecular weight is 558 g/mol. The second-order valence-electron chi connectivity index (χ2n) is 12.4. The van der Waals surface area contributed by atoms with Crippen LogP contribution in [0.1, 0.15) is 38.3 Å². The Kier molecular flexibility index (Phi) is 8.55. The van der Waals surface area contributed by atoms with Crippen LogP contribution in [0.25, 0.3) is 22.2 Å². The molecule has 9 nitrogen and oxygen atoms in total. The average Bonchev–Trinajstić information content (AvgIpc) is 3.01. The number of piperidine rings is 2. The molecule has 2 aromatic heterocycles. The van der Waals surface area contributed by atoms with Crippen molar-refractivity contribution >= 4 is 28.4 Å². The maximum absolute atomic E-state index is 6.32. The number of piperazine rings is 1. The van der Waals surface area contributed by atoms with Crippen LogP contribution in [0.5, 0.6) is 0 Å². The molecule has 5 heterocycles. The number of rotatable bonds is 7. The summed E-state index contributed by atoms with van der Waals surface area (Å²) in [5.41, 5.74) is 12.2. The van der Waals surface area contributed by atoms with Crippen LogP contribution in [0, 0.1) is 5.92 Å². The number of hydrogen-bond donors (Lipinski definition) is 2. The molecule has 3 aromatic rings. The van der Waals surface area contributed by atoms with Crippen molar-refractivity contribution in [1.29, 1.82) is 0 Å². The van der Waals surface area contributed by atoms with Crippen LogP contribution in [-0.4, -0.2) is 109 Å². The molecule has 3 aliphatic heterocycles. The van der Waals surface area contributed by atoms with E-state index in [2.05, 4.69) is 75.2 Å². The SMILES string of the molecule is CCc1nc2c(N)ncc(-c3ccc(N4CCC(N5CCN(C)CC5)CC4)cc3)c2nc1NCC1CCN(C)CC1. The molecule has 3 fully saturated rings. The number of fused-ring (bicyclic) bond motifs is 1. The molecule has 9 heteroatoms. The number of aromatic nitrogens is 3. The van der Waals surface area contributed by atoms with Crippen molar-refractivity contribution in [2.75, 3.05) is 88.9 Å². The minimum atomic E-state index is 0.438. The van der Waals surface area contributed by atoms with Gasteiger partial charge in [0.05, 0.1) is 5.69 Å². The number of hydrogen-bond acceptors (Lipinski definition) is 9. The normalized spacial score (nSPS) is 20.6. The van der Waals surface area contributed by atoms with E-state index in [4.69, 9.17) is 15.7 Å². The van der Waals surface area contributed by atoms with E-state index in [-0.39, 0.29) is 0 Å². The lowest BCUT2D eigenvalue weighted by atomic mass is 9.97. The number of nitrogens with two attached hydrogens (primary N) is 1. The molecule has 0 unspecified atom stereocenters. The van der Waals surface area contributed by atoms with Crippen LogP contribution in [0.4, 0.5) is 17.3 Å². The van der Waals surface area contributed by atoms with Gasteiger partial charge in [-0.25, -0.2) is 15.0 Å². The van der Waals surface area contributed by atoms with Crippen LogP contribution in [0.15, 0.2) is 30.5 Å². The molecule has 1 aromatic carbocycles. The molecule has 0 atom stereocenters. The van der Waals surface area contributed by atoms with Crippen molar-refractivity contribution in [3.63, 3.8) is 0 Å². The van der Waals surface area contributed by atoms with E-state index in [0.29, 0.717) is 17.3 Å². The van der Waals surface area contributed by atoms with E-state index < -0.39 is 0 Å². The van der Waals surface area contributed by atoms with E-state index in [0.717, 1.165) is 73.3 Å². The van der Waals surface area contributed by atoms with Gasteiger partial charge in [0.25, 0.3) is 0 Å². The summed E-state index contributed by atoms with van der Waals surface area (Å²) in [6.07, 6.45) is 7.56. The van der Waals surface area contributed by atoms with E-state index in [9.17, 15) is 0 Å². The predicted octanol–water partition coefficient (Wildman–Crippen LogP) is 3.81. The zero-order chi connectivity index (χ0) is 28.3. The molecule has 0 saturated carbocycles. The lowest BCUT2D eigenvalue weighted by molar-refractivity contribution is 0.0982. The first-order valence-electron chi connectivity index (χ1n) is 15.6. The number of likely N-dealkylation sites (tertiary alicyclic amines) is 1. The van der Waals surface area contributed by atoms with E-state index in [1.165, 1.54) is 57.5 Å². The molecule has 3 N–H and O–H groups in total. The molecule has 3 saturated heterocycles. The molecule has 41 heavy (non-hydrogen) atoms. The van der Waals surface area contributed by atoms with Gasteiger partial charge in [-0.05, 0) is 82.9 Å². The highest BCUT2D eigenvalue weighted by Gasteiger charge is 2.27. The molecule has 0 bridgehead atoms. The van der Waals surface area contributed by atoms with Gasteiger partial charge in [-0.2, -0.15) is 0 Å². The molecule has 220 valence electrons. The fraction of sp³-hybridized carbons (Fsp3) is 0.594. The van der Waals surface area contributed by atoms with Crippen molar-refractivity contribution < 1.29 is 0 Å². The maximum Gasteiger partial charge on any atom is 0.151 e. The number of nitrogens with one attached hydrogen (secondary N) is 1. The molecule has 6 rings (SSSR count). The fourth-order valence-electron chi connectivity index (χ4n) is 6.73. The number of likely N-dealkylation sites (N-methyl/N-ethyl adjacent to an activating group) is 1. The van der Waals surface area contributed by atoms with Crippen LogP contribution in [-0.2, 0) is 6.42 Å². The Bertz CT molecular complexity index is 1300. The largest absolute Gasteiger partial charge is 0.382 e. The number of anilines is 3. The summed E-state index contributed by atoms with van der Waals surface area (Å²) in [6, 6.07) is 9.63. The minimum Gasteiger partial charge on any atom is -0.382 e. The van der Waals surface area contributed by atoms with Crippen molar-refractivity contribution in [2.45, 2.75) is 45.1 Å². The van der Waals surface area contributed by atoms with Gasteiger partial charge in [0.2, 0.25) is 0 Å². The molecule has 0 aliphatic carbocycles. The quantitative estimate of drug-likeness (QED) is 0.450. The first-order chi connectivity index (χ1) is 20.0. The van der Waals surface area contributed by atoms with Gasteiger partial charge in [0.15, 0.2) is 5.82 Å². The predicted molar refractivity (Wildman–Crippen MR) is 170 cm³/mol. The van der Waals surface area contributed by atoms with Gasteiger partial charge in [-0.15, -0.1) is 0 Å². The van der Waals surface area contributed by atoms with Crippen molar-refractivity contribution in [2.24, 2.45) is 5.92 Å². The summed E-state index contributed by atoms with van der Waals surface area (Å²) < 4.78 is 0. The highest BCUT2D eigenvalue weighted by molar-refractivity contribution is 5.97. The first-order valence-corrected chi connectivity index (χ1v) is 15.6. The first kappa shape index (κ1) is 28.1. The number of pyridine rings is 1. The Labute approximate surface area is 245 Å². The van der Waals surface area contributed by atoms with Crippen molar-refractivity contribution in [1.82, 2.24) is 29.7 Å². The van der Waals surface area contributed by atoms with Crippen LogP contribution in [0.2, 0.25) is 0 Å². The third-order valence-corrected chi connectivity index (χ3v) is 9.59. The summed E-state index contributed by atoms with van der Waals surface area (Å²) in [4.78, 5) is 24.7. The highest BCUT2D eigenvalue weighted by Crippen LogP contribution is 2.32. The third-order valence-electron chi connectivity index (χ3n) is 9.59. The standard InChI is InChI=1S/C32H47N9/c1-4-28-32(35-21-23-9-13-38(2)14-10-23)37-29-27(22-34-31(33)30(29)36-28)24-5-7-25(8-6-24)40-15-11-26(12-16-40)41-19-17-39(3)18-20-41/h5-8,22-23,26H,4,9-21H2,1-3H3,(H2,33,34)(H,35,37). The summed E-state index contributed by atoms with van der Waals surface area (Å²) in [5, 5.41) is 3.65. The summed E-state index contributed by atoms with van der Waals surface area (Å²) in [6.45, 7) is 12.4. The molecular weight excluding hydrogens is 510 g/mol. The van der Waals surface area contributed by atoms with Gasteiger partial charge in [0, 0.05) is 69.3 Å². The van der Waals surface area contributed by atoms with Crippen LogP contribution < -0.4 is 16.0 Å². The Hall–Kier alpha value is -3.01. The smallest absolute Gasteiger partial charge is 0.151 e. The van der Waals surface area contributed by atoms with Crippen molar-refractivity contribution in [3.8, 4) is 11.1 Å². The highest BCUT2D eigenvalue weighted by atomic mass is 15.3. The van der Waals surface area contributed by atoms with E-state index in [1.807, 2.05) is 6.20 Å². The van der Waals surface area contributed by atoms with Crippen LogP contribution in [0.3, 0.4) is 0 Å². The Morgan fingerprint density at radius 1 is 0.829 bits per heavy atom. The number of benzene rings is 1. The zero-order valence-corrected chi connectivity index (χ0v) is 25.1. The fourth-order valence-corrected chi connectivity index (χ4v) is 6.73. The van der Waals surface area contributed by atoms with Gasteiger partial charge in [-0.3, -0.25) is 4.90 Å². The molecule has 0 radical (unpaired) electrons. The van der Waals surface area contributed by atoms with Gasteiger partial charge < -0.3 is 25.8 Å². The van der Waals surface area contributed by atoms with Gasteiger partial charge in [-0.1, -0.05) is 19.1 Å². The molecule has 0 amide bonds. The second kappa shape index (κ2) is 12.5. The Morgan fingerprint density at radius 2 is 1.51 bits per heavy atom. The maximum atomic E-state index is 6.32. The minimum absolute atomic E-state index is 0.438. The summed E-state index contributed by atoms with van der Waals surface area (Å²) >= 11 is 0. The second-order valence-corrected chi connectivity index (χ2v) is 12.4. The molecular formula is C32H47N9. The topological polar surface area (TPSA) is 89.7 Å². The van der Waals surface area contributed by atoms with E-state index >= 15 is 0 Å². The summed E-state index contributed by atoms with van der Waals surface area (Å²) in [7, 11) is 4.44. The summed E-state index contributed by atoms with van der Waals surface area (Å²) in [5.74, 6) is 1.98. The van der Waals surface area contributed by atoms with Crippen molar-refractivity contribution in [3.05, 3.63) is 36.2 Å². The Balaban J connectivity index is 1.18. The number of nitrogen functional groups attached to an aromatic ring is 1. The van der Waals surface area contributed by atoms with Gasteiger partial charge in [0.1, 0.15) is 16.9 Å². The monoisotopic (exact) mass is 557 g/mol. The zero-order valence-electron chi connectivity index (χ0n) is 25.1. The number of aryl methyl sites for hydroxylation is 1. The lowest BCUT2D eigenvalue weighted by Crippen LogP contribution is -2.52. The molecule has 0 spiro atoms. The Morgan fingerprint density at radius 3 is 2.20 bits per heavy atom. The number of nitrogens with zero attached hydrogens (tertiary/aromatic N) is 7. The van der Waals surface area contributed by atoms with Crippen LogP contribution >= 0.6 is 0 Å². The van der Waals surface area contributed by atoms with Gasteiger partial charge >= 0.3 is 0 Å². The third kappa shape index (κ3) is 6.27. The lowest BCUT2D eigenvalue weighted by Gasteiger charge is -2.42.